The Morgan fingerprint density at radius 2 is 2.25 bits per heavy atom. The van der Waals surface area contributed by atoms with Gasteiger partial charge in [-0.05, 0) is 0 Å². The van der Waals surface area contributed by atoms with Crippen molar-refractivity contribution < 1.29 is 5.21 Å². The highest BCUT2D eigenvalue weighted by molar-refractivity contribution is 7.09. The summed E-state index contributed by atoms with van der Waals surface area (Å²) in [6, 6.07) is 0. The molecule has 1 heterocycles. The SMILES string of the molecule is CC(C)(C)c1nc(CNO)cs1. The van der Waals surface area contributed by atoms with Crippen LogP contribution in [0.5, 0.6) is 0 Å². The molecule has 0 unspecified atom stereocenters. The molecule has 0 atom stereocenters. The van der Waals surface area contributed by atoms with Crippen LogP contribution in [0, 0.1) is 0 Å². The van der Waals surface area contributed by atoms with Gasteiger partial charge in [0.1, 0.15) is 0 Å². The molecule has 1 rings (SSSR count). The van der Waals surface area contributed by atoms with Gasteiger partial charge in [0, 0.05) is 10.8 Å². The van der Waals surface area contributed by atoms with Gasteiger partial charge in [0.15, 0.2) is 0 Å². The molecule has 0 aliphatic rings. The quantitative estimate of drug-likeness (QED) is 0.694. The summed E-state index contributed by atoms with van der Waals surface area (Å²) in [6.07, 6.45) is 0. The number of hydrogen-bond donors (Lipinski definition) is 2. The smallest absolute Gasteiger partial charge is 0.0982 e. The maximum atomic E-state index is 8.45. The van der Waals surface area contributed by atoms with E-state index in [0.717, 1.165) is 10.7 Å². The summed E-state index contributed by atoms with van der Waals surface area (Å²) in [5, 5.41) is 11.5. The Labute approximate surface area is 76.4 Å². The van der Waals surface area contributed by atoms with E-state index < -0.39 is 0 Å². The Kier molecular flexibility index (Phi) is 2.82. The molecular formula is C8H14N2OS. The van der Waals surface area contributed by atoms with Crippen molar-refractivity contribution in [3.05, 3.63) is 16.1 Å². The zero-order valence-corrected chi connectivity index (χ0v) is 8.40. The lowest BCUT2D eigenvalue weighted by molar-refractivity contribution is 0.160. The molecular weight excluding hydrogens is 172 g/mol. The van der Waals surface area contributed by atoms with Gasteiger partial charge in [-0.25, -0.2) is 4.98 Å². The molecule has 1 aromatic rings. The number of aromatic nitrogens is 1. The second kappa shape index (κ2) is 3.51. The fourth-order valence-electron chi connectivity index (χ4n) is 0.814. The first-order chi connectivity index (χ1) is 5.54. The fourth-order valence-corrected chi connectivity index (χ4v) is 1.72. The van der Waals surface area contributed by atoms with Crippen LogP contribution < -0.4 is 5.48 Å². The van der Waals surface area contributed by atoms with Crippen molar-refractivity contribution in [1.29, 1.82) is 0 Å². The van der Waals surface area contributed by atoms with Crippen LogP contribution in [0.3, 0.4) is 0 Å². The van der Waals surface area contributed by atoms with Crippen LogP contribution in [-0.4, -0.2) is 10.2 Å². The minimum absolute atomic E-state index is 0.109. The van der Waals surface area contributed by atoms with Gasteiger partial charge in [0.2, 0.25) is 0 Å². The zero-order valence-electron chi connectivity index (χ0n) is 7.59. The average Bonchev–Trinajstić information content (AvgIpc) is 2.35. The van der Waals surface area contributed by atoms with E-state index in [1.165, 1.54) is 0 Å². The average molecular weight is 186 g/mol. The van der Waals surface area contributed by atoms with Crippen molar-refractivity contribution in [2.75, 3.05) is 0 Å². The predicted molar refractivity (Wildman–Crippen MR) is 49.4 cm³/mol. The molecule has 0 radical (unpaired) electrons. The third kappa shape index (κ3) is 2.27. The van der Waals surface area contributed by atoms with Gasteiger partial charge in [-0.3, -0.25) is 0 Å². The summed E-state index contributed by atoms with van der Waals surface area (Å²) in [5.41, 5.74) is 3.10. The summed E-state index contributed by atoms with van der Waals surface area (Å²) in [4.78, 5) is 4.37. The highest BCUT2D eigenvalue weighted by Crippen LogP contribution is 2.25. The van der Waals surface area contributed by atoms with Crippen molar-refractivity contribution in [3.63, 3.8) is 0 Å². The van der Waals surface area contributed by atoms with E-state index in [4.69, 9.17) is 5.21 Å². The molecule has 0 aromatic carbocycles. The van der Waals surface area contributed by atoms with E-state index in [1.54, 1.807) is 11.3 Å². The van der Waals surface area contributed by atoms with Crippen molar-refractivity contribution in [1.82, 2.24) is 10.5 Å². The van der Waals surface area contributed by atoms with E-state index in [-0.39, 0.29) is 5.41 Å². The number of thiazole rings is 1. The van der Waals surface area contributed by atoms with Gasteiger partial charge in [-0.15, -0.1) is 11.3 Å². The monoisotopic (exact) mass is 186 g/mol. The van der Waals surface area contributed by atoms with Crippen LogP contribution in [0.15, 0.2) is 5.38 Å². The minimum atomic E-state index is 0.109. The Balaban J connectivity index is 2.77. The number of nitrogens with zero attached hydrogens (tertiary/aromatic N) is 1. The third-order valence-corrected chi connectivity index (χ3v) is 2.77. The molecule has 0 aliphatic heterocycles. The van der Waals surface area contributed by atoms with E-state index >= 15 is 0 Å². The summed E-state index contributed by atoms with van der Waals surface area (Å²) in [7, 11) is 0. The van der Waals surface area contributed by atoms with E-state index in [1.807, 2.05) is 5.38 Å². The number of hydroxylamine groups is 1. The summed E-state index contributed by atoms with van der Waals surface area (Å²) in [6.45, 7) is 6.80. The van der Waals surface area contributed by atoms with Crippen LogP contribution in [-0.2, 0) is 12.0 Å². The molecule has 0 saturated carbocycles. The number of nitrogens with one attached hydrogen (secondary N) is 1. The van der Waals surface area contributed by atoms with Gasteiger partial charge >= 0.3 is 0 Å². The minimum Gasteiger partial charge on any atom is -0.316 e. The Hall–Kier alpha value is -0.450. The first kappa shape index (κ1) is 9.64. The van der Waals surface area contributed by atoms with Gasteiger partial charge in [0.05, 0.1) is 17.2 Å². The van der Waals surface area contributed by atoms with Crippen molar-refractivity contribution >= 4 is 11.3 Å². The second-order valence-corrected chi connectivity index (χ2v) is 4.59. The molecule has 3 nitrogen and oxygen atoms in total. The molecule has 4 heteroatoms. The standard InChI is InChI=1S/C8H14N2OS/c1-8(2,3)7-10-6(4-9-11)5-12-7/h5,9,11H,4H2,1-3H3. The highest BCUT2D eigenvalue weighted by Gasteiger charge is 2.17. The zero-order chi connectivity index (χ0) is 9.19. The van der Waals surface area contributed by atoms with Gasteiger partial charge in [-0.2, -0.15) is 5.48 Å². The van der Waals surface area contributed by atoms with E-state index in [9.17, 15) is 0 Å². The molecule has 0 bridgehead atoms. The lowest BCUT2D eigenvalue weighted by Gasteiger charge is -2.13. The lowest BCUT2D eigenvalue weighted by Crippen LogP contribution is -2.12. The molecule has 0 amide bonds. The molecule has 0 saturated heterocycles. The van der Waals surface area contributed by atoms with Gasteiger partial charge in [0.25, 0.3) is 0 Å². The van der Waals surface area contributed by atoms with Crippen molar-refractivity contribution in [3.8, 4) is 0 Å². The third-order valence-electron chi connectivity index (χ3n) is 1.45. The maximum absolute atomic E-state index is 8.45. The number of hydrogen-bond acceptors (Lipinski definition) is 4. The Morgan fingerprint density at radius 3 is 2.67 bits per heavy atom. The van der Waals surface area contributed by atoms with Crippen LogP contribution in [0.25, 0.3) is 0 Å². The summed E-state index contributed by atoms with van der Waals surface area (Å²) < 4.78 is 0. The molecule has 0 spiro atoms. The second-order valence-electron chi connectivity index (χ2n) is 3.73. The Bertz CT molecular complexity index is 252. The van der Waals surface area contributed by atoms with Crippen LogP contribution in [0.1, 0.15) is 31.5 Å². The molecule has 68 valence electrons. The Morgan fingerprint density at radius 1 is 1.58 bits per heavy atom. The van der Waals surface area contributed by atoms with Gasteiger partial charge < -0.3 is 5.21 Å². The van der Waals surface area contributed by atoms with Gasteiger partial charge in [-0.1, -0.05) is 20.8 Å². The van der Waals surface area contributed by atoms with E-state index in [2.05, 4.69) is 31.2 Å². The van der Waals surface area contributed by atoms with E-state index in [0.29, 0.717) is 6.54 Å². The topological polar surface area (TPSA) is 45.2 Å². The first-order valence-corrected chi connectivity index (χ1v) is 4.74. The molecule has 0 fully saturated rings. The predicted octanol–water partition coefficient (Wildman–Crippen LogP) is 1.92. The molecule has 1 aromatic heterocycles. The van der Waals surface area contributed by atoms with Crippen molar-refractivity contribution in [2.24, 2.45) is 0 Å². The first-order valence-electron chi connectivity index (χ1n) is 3.86. The largest absolute Gasteiger partial charge is 0.316 e. The van der Waals surface area contributed by atoms with Crippen molar-refractivity contribution in [2.45, 2.75) is 32.7 Å². The molecule has 2 N–H and O–H groups in total. The van der Waals surface area contributed by atoms with Crippen LogP contribution in [0.4, 0.5) is 0 Å². The summed E-state index contributed by atoms with van der Waals surface area (Å²) >= 11 is 1.63. The highest BCUT2D eigenvalue weighted by atomic mass is 32.1. The normalized spacial score (nSPS) is 12.0. The molecule has 12 heavy (non-hydrogen) atoms. The molecule has 0 aliphatic carbocycles. The van der Waals surface area contributed by atoms with Crippen LogP contribution >= 0.6 is 11.3 Å². The number of rotatable bonds is 2. The van der Waals surface area contributed by atoms with Crippen LogP contribution in [0.2, 0.25) is 0 Å². The summed E-state index contributed by atoms with van der Waals surface area (Å²) in [5.74, 6) is 0. The lowest BCUT2D eigenvalue weighted by atomic mass is 9.98. The fraction of sp³-hybridized carbons (Fsp3) is 0.625. The maximum Gasteiger partial charge on any atom is 0.0982 e.